The molecular formula is C16H17N3S. The van der Waals surface area contributed by atoms with Crippen LogP contribution in [0.4, 0.5) is 5.82 Å². The van der Waals surface area contributed by atoms with Crippen LogP contribution in [0.3, 0.4) is 0 Å². The minimum Gasteiger partial charge on any atom is -0.388 e. The average molecular weight is 283 g/mol. The Kier molecular flexibility index (Phi) is 3.65. The molecular weight excluding hydrogens is 266 g/mol. The lowest BCUT2D eigenvalue weighted by atomic mass is 10.0. The quantitative estimate of drug-likeness (QED) is 0.859. The van der Waals surface area contributed by atoms with Crippen molar-refractivity contribution in [2.75, 3.05) is 18.0 Å². The summed E-state index contributed by atoms with van der Waals surface area (Å²) >= 11 is 5.00. The number of anilines is 1. The molecule has 20 heavy (non-hydrogen) atoms. The van der Waals surface area contributed by atoms with Crippen molar-refractivity contribution >= 4 is 23.0 Å². The van der Waals surface area contributed by atoms with Crippen LogP contribution in [-0.2, 0) is 12.8 Å². The van der Waals surface area contributed by atoms with Gasteiger partial charge in [-0.2, -0.15) is 0 Å². The molecule has 3 rings (SSSR count). The number of benzene rings is 1. The number of pyridine rings is 1. The molecule has 0 radical (unpaired) electrons. The number of nitrogens with two attached hydrogens (primary N) is 1. The van der Waals surface area contributed by atoms with Gasteiger partial charge in [0.25, 0.3) is 0 Å². The predicted octanol–water partition coefficient (Wildman–Crippen LogP) is 2.32. The van der Waals surface area contributed by atoms with Crippen molar-refractivity contribution in [2.24, 2.45) is 5.73 Å². The fourth-order valence-corrected chi connectivity index (χ4v) is 2.75. The Morgan fingerprint density at radius 2 is 1.65 bits per heavy atom. The Balaban J connectivity index is 1.83. The molecule has 0 bridgehead atoms. The van der Waals surface area contributed by atoms with Crippen LogP contribution in [0.2, 0.25) is 0 Å². The molecule has 1 aliphatic heterocycles. The second kappa shape index (κ2) is 5.59. The minimum absolute atomic E-state index is 0.352. The zero-order valence-electron chi connectivity index (χ0n) is 11.2. The lowest BCUT2D eigenvalue weighted by molar-refractivity contribution is 0.790. The zero-order valence-corrected chi connectivity index (χ0v) is 12.1. The van der Waals surface area contributed by atoms with Crippen LogP contribution in [0.15, 0.2) is 42.5 Å². The van der Waals surface area contributed by atoms with E-state index in [1.807, 2.05) is 18.2 Å². The largest absolute Gasteiger partial charge is 0.388 e. The molecule has 2 aromatic rings. The summed E-state index contributed by atoms with van der Waals surface area (Å²) < 4.78 is 0. The average Bonchev–Trinajstić information content (AvgIpc) is 2.70. The summed E-state index contributed by atoms with van der Waals surface area (Å²) in [6, 6.07) is 14.5. The highest BCUT2D eigenvalue weighted by Gasteiger charge is 2.15. The summed E-state index contributed by atoms with van der Waals surface area (Å²) in [4.78, 5) is 7.22. The lowest BCUT2D eigenvalue weighted by Gasteiger charge is -2.21. The van der Waals surface area contributed by atoms with Crippen LogP contribution in [0, 0.1) is 0 Å². The van der Waals surface area contributed by atoms with Gasteiger partial charge in [0.05, 0.1) is 5.69 Å². The highest BCUT2D eigenvalue weighted by molar-refractivity contribution is 7.80. The number of hydrogen-bond donors (Lipinski definition) is 1. The number of thiocarbonyl (C=S) groups is 1. The maximum atomic E-state index is 5.66. The van der Waals surface area contributed by atoms with Gasteiger partial charge in [0.1, 0.15) is 10.8 Å². The summed E-state index contributed by atoms with van der Waals surface area (Å²) in [5.74, 6) is 0.961. The molecule has 0 spiro atoms. The molecule has 3 nitrogen and oxygen atoms in total. The van der Waals surface area contributed by atoms with E-state index < -0.39 is 0 Å². The van der Waals surface area contributed by atoms with Crippen molar-refractivity contribution in [1.29, 1.82) is 0 Å². The first-order valence-electron chi connectivity index (χ1n) is 6.82. The van der Waals surface area contributed by atoms with Crippen LogP contribution in [0.5, 0.6) is 0 Å². The number of hydrogen-bond acceptors (Lipinski definition) is 3. The van der Waals surface area contributed by atoms with Gasteiger partial charge in [-0.3, -0.25) is 0 Å². The van der Waals surface area contributed by atoms with Gasteiger partial charge in [0.15, 0.2) is 0 Å². The molecule has 0 fully saturated rings. The summed E-state index contributed by atoms with van der Waals surface area (Å²) in [5.41, 5.74) is 9.25. The molecule has 0 saturated carbocycles. The molecule has 0 amide bonds. The Bertz CT molecular complexity index is 612. The fraction of sp³-hybridized carbons (Fsp3) is 0.250. The second-order valence-electron chi connectivity index (χ2n) is 5.00. The SMILES string of the molecule is NC(=S)c1cccc(N2CCc3ccccc3CC2)n1. The molecule has 0 unspecified atom stereocenters. The highest BCUT2D eigenvalue weighted by atomic mass is 32.1. The molecule has 2 N–H and O–H groups in total. The van der Waals surface area contributed by atoms with E-state index in [1.165, 1.54) is 11.1 Å². The van der Waals surface area contributed by atoms with Crippen LogP contribution in [-0.4, -0.2) is 23.1 Å². The highest BCUT2D eigenvalue weighted by Crippen LogP contribution is 2.19. The number of fused-ring (bicyclic) bond motifs is 1. The maximum Gasteiger partial charge on any atom is 0.129 e. The van der Waals surface area contributed by atoms with Gasteiger partial charge in [0.2, 0.25) is 0 Å². The fourth-order valence-electron chi connectivity index (χ4n) is 2.63. The molecule has 102 valence electrons. The summed E-state index contributed by atoms with van der Waals surface area (Å²) in [6.07, 6.45) is 2.10. The van der Waals surface area contributed by atoms with Gasteiger partial charge < -0.3 is 10.6 Å². The van der Waals surface area contributed by atoms with Gasteiger partial charge in [0, 0.05) is 13.1 Å². The third-order valence-corrected chi connectivity index (χ3v) is 3.94. The molecule has 1 aromatic heterocycles. The number of aromatic nitrogens is 1. The second-order valence-corrected chi connectivity index (χ2v) is 5.44. The molecule has 4 heteroatoms. The van der Waals surface area contributed by atoms with Crippen LogP contribution < -0.4 is 10.6 Å². The molecule has 0 aliphatic carbocycles. The normalized spacial score (nSPS) is 14.5. The predicted molar refractivity (Wildman–Crippen MR) is 86.2 cm³/mol. The zero-order chi connectivity index (χ0) is 13.9. The molecule has 0 atom stereocenters. The first-order chi connectivity index (χ1) is 9.74. The van der Waals surface area contributed by atoms with Crippen LogP contribution in [0.25, 0.3) is 0 Å². The van der Waals surface area contributed by atoms with E-state index in [0.29, 0.717) is 10.7 Å². The summed E-state index contributed by atoms with van der Waals surface area (Å²) in [7, 11) is 0. The Morgan fingerprint density at radius 1 is 1.00 bits per heavy atom. The Hall–Kier alpha value is -1.94. The number of rotatable bonds is 2. The van der Waals surface area contributed by atoms with Gasteiger partial charge in [-0.05, 0) is 36.1 Å². The molecule has 0 saturated heterocycles. The first-order valence-corrected chi connectivity index (χ1v) is 7.23. The van der Waals surface area contributed by atoms with Crippen molar-refractivity contribution in [3.8, 4) is 0 Å². The monoisotopic (exact) mass is 283 g/mol. The van der Waals surface area contributed by atoms with E-state index in [2.05, 4.69) is 34.1 Å². The Morgan fingerprint density at radius 3 is 2.25 bits per heavy atom. The van der Waals surface area contributed by atoms with E-state index in [9.17, 15) is 0 Å². The third kappa shape index (κ3) is 2.65. The van der Waals surface area contributed by atoms with Gasteiger partial charge in [-0.1, -0.05) is 42.5 Å². The van der Waals surface area contributed by atoms with Crippen molar-refractivity contribution in [3.63, 3.8) is 0 Å². The molecule has 1 aromatic carbocycles. The van der Waals surface area contributed by atoms with Crippen molar-refractivity contribution in [3.05, 3.63) is 59.3 Å². The van der Waals surface area contributed by atoms with E-state index in [-0.39, 0.29) is 0 Å². The van der Waals surface area contributed by atoms with Crippen molar-refractivity contribution < 1.29 is 0 Å². The van der Waals surface area contributed by atoms with Crippen molar-refractivity contribution in [1.82, 2.24) is 4.98 Å². The lowest BCUT2D eigenvalue weighted by Crippen LogP contribution is -2.27. The molecule has 2 heterocycles. The van der Waals surface area contributed by atoms with Crippen LogP contribution >= 0.6 is 12.2 Å². The standard InChI is InChI=1S/C16H17N3S/c17-16(20)14-6-3-7-15(18-14)19-10-8-12-4-1-2-5-13(12)9-11-19/h1-7H,8-11H2,(H2,17,20). The minimum atomic E-state index is 0.352. The first kappa shape index (κ1) is 13.1. The van der Waals surface area contributed by atoms with Gasteiger partial charge in [-0.15, -0.1) is 0 Å². The van der Waals surface area contributed by atoms with E-state index >= 15 is 0 Å². The van der Waals surface area contributed by atoms with E-state index in [1.54, 1.807) is 0 Å². The third-order valence-electron chi connectivity index (χ3n) is 3.73. The number of nitrogens with zero attached hydrogens (tertiary/aromatic N) is 2. The topological polar surface area (TPSA) is 42.1 Å². The summed E-state index contributed by atoms with van der Waals surface area (Å²) in [6.45, 7) is 1.95. The maximum absolute atomic E-state index is 5.66. The van der Waals surface area contributed by atoms with Crippen molar-refractivity contribution in [2.45, 2.75) is 12.8 Å². The van der Waals surface area contributed by atoms with Gasteiger partial charge in [-0.25, -0.2) is 4.98 Å². The van der Waals surface area contributed by atoms with Crippen LogP contribution in [0.1, 0.15) is 16.8 Å². The van der Waals surface area contributed by atoms with E-state index in [4.69, 9.17) is 18.0 Å². The summed E-state index contributed by atoms with van der Waals surface area (Å²) in [5, 5.41) is 0. The molecule has 1 aliphatic rings. The van der Waals surface area contributed by atoms with Gasteiger partial charge >= 0.3 is 0 Å². The Labute approximate surface area is 124 Å². The van der Waals surface area contributed by atoms with E-state index in [0.717, 1.165) is 31.7 Å². The smallest absolute Gasteiger partial charge is 0.129 e.